The Morgan fingerprint density at radius 3 is 2.55 bits per heavy atom. The topological polar surface area (TPSA) is 131 Å². The van der Waals surface area contributed by atoms with Gasteiger partial charge >= 0.3 is 0 Å². The molecule has 0 radical (unpaired) electrons. The van der Waals surface area contributed by atoms with E-state index in [4.69, 9.17) is 17.3 Å². The number of nitrogens with two attached hydrogens (primary N) is 1. The highest BCUT2D eigenvalue weighted by Crippen LogP contribution is 2.32. The van der Waals surface area contributed by atoms with Gasteiger partial charge in [-0.05, 0) is 48.7 Å². The first kappa shape index (κ1) is 22.8. The van der Waals surface area contributed by atoms with Gasteiger partial charge in [0.2, 0.25) is 0 Å². The molecule has 1 amide bonds. The standard InChI is InChI=1S/C23H28ClN7O2/c1-13-9-15(10-14(2)20(13)32)12-27-22-19(21(25)33)23(30-29-22)28-16-3-4-18(17(24)11-16)31-7-5-26-6-8-31/h3-4,9-11,26,32H,5-8,12H2,1-2H3,(H2,25,33)(H3,27,28,29,30). The molecule has 0 spiro atoms. The molecule has 33 heavy (non-hydrogen) atoms. The molecule has 3 aromatic rings. The lowest BCUT2D eigenvalue weighted by molar-refractivity contribution is 0.100. The van der Waals surface area contributed by atoms with Gasteiger partial charge in [0.05, 0.1) is 10.7 Å². The van der Waals surface area contributed by atoms with Gasteiger partial charge in [0.1, 0.15) is 17.1 Å². The van der Waals surface area contributed by atoms with Crippen LogP contribution in [0.1, 0.15) is 27.0 Å². The largest absolute Gasteiger partial charge is 0.507 e. The van der Waals surface area contributed by atoms with Crippen molar-refractivity contribution in [1.29, 1.82) is 0 Å². The maximum atomic E-state index is 12.2. The Labute approximate surface area is 197 Å². The molecule has 0 saturated carbocycles. The summed E-state index contributed by atoms with van der Waals surface area (Å²) >= 11 is 6.54. The number of aromatic nitrogens is 2. The number of primary amides is 1. The number of aromatic hydroxyl groups is 1. The van der Waals surface area contributed by atoms with E-state index in [2.05, 4.69) is 31.0 Å². The van der Waals surface area contributed by atoms with Gasteiger partial charge in [-0.3, -0.25) is 9.89 Å². The number of halogens is 1. The van der Waals surface area contributed by atoms with Crippen LogP contribution < -0.4 is 26.6 Å². The smallest absolute Gasteiger partial charge is 0.256 e. The van der Waals surface area contributed by atoms with E-state index in [0.29, 0.717) is 28.9 Å². The summed E-state index contributed by atoms with van der Waals surface area (Å²) in [4.78, 5) is 14.4. The van der Waals surface area contributed by atoms with Gasteiger partial charge in [-0.15, -0.1) is 0 Å². The Morgan fingerprint density at radius 2 is 1.91 bits per heavy atom. The summed E-state index contributed by atoms with van der Waals surface area (Å²) in [6.07, 6.45) is 0. The zero-order valence-electron chi connectivity index (χ0n) is 18.6. The van der Waals surface area contributed by atoms with Crippen molar-refractivity contribution in [3.05, 3.63) is 57.6 Å². The number of hydrogen-bond acceptors (Lipinski definition) is 7. The molecule has 4 rings (SSSR count). The first-order chi connectivity index (χ1) is 15.8. The number of anilines is 4. The van der Waals surface area contributed by atoms with E-state index in [9.17, 15) is 9.90 Å². The minimum atomic E-state index is -0.615. The summed E-state index contributed by atoms with van der Waals surface area (Å²) in [6.45, 7) is 7.75. The number of nitrogens with zero attached hydrogens (tertiary/aromatic N) is 2. The third kappa shape index (κ3) is 4.99. The van der Waals surface area contributed by atoms with Gasteiger partial charge in [0, 0.05) is 38.4 Å². The number of rotatable bonds is 7. The molecule has 9 nitrogen and oxygen atoms in total. The minimum Gasteiger partial charge on any atom is -0.507 e. The van der Waals surface area contributed by atoms with Crippen LogP contribution in [0.2, 0.25) is 5.02 Å². The molecule has 174 valence electrons. The fourth-order valence-electron chi connectivity index (χ4n) is 4.02. The average molecular weight is 470 g/mol. The number of phenolic OH excluding ortho intramolecular Hbond substituents is 1. The summed E-state index contributed by atoms with van der Waals surface area (Å²) in [5.74, 6) is 0.396. The van der Waals surface area contributed by atoms with E-state index in [1.165, 1.54) is 0 Å². The Bertz CT molecular complexity index is 1150. The van der Waals surface area contributed by atoms with E-state index in [-0.39, 0.29) is 11.3 Å². The number of benzene rings is 2. The molecule has 1 saturated heterocycles. The van der Waals surface area contributed by atoms with Crippen molar-refractivity contribution in [2.24, 2.45) is 5.73 Å². The summed E-state index contributed by atoms with van der Waals surface area (Å²) in [6, 6.07) is 9.44. The Kier molecular flexibility index (Phi) is 6.62. The Morgan fingerprint density at radius 1 is 1.21 bits per heavy atom. The number of aromatic amines is 1. The number of aryl methyl sites for hydroxylation is 2. The molecule has 7 N–H and O–H groups in total. The van der Waals surface area contributed by atoms with Crippen LogP contribution in [0, 0.1) is 13.8 Å². The molecule has 0 bridgehead atoms. The van der Waals surface area contributed by atoms with Gasteiger partial charge in [-0.1, -0.05) is 23.7 Å². The lowest BCUT2D eigenvalue weighted by Crippen LogP contribution is -2.43. The number of hydrogen-bond donors (Lipinski definition) is 6. The number of phenols is 1. The van der Waals surface area contributed by atoms with Crippen molar-refractivity contribution in [2.75, 3.05) is 41.7 Å². The van der Waals surface area contributed by atoms with Gasteiger partial charge < -0.3 is 31.7 Å². The van der Waals surface area contributed by atoms with Crippen LogP contribution in [0.4, 0.5) is 23.0 Å². The van der Waals surface area contributed by atoms with E-state index in [1.807, 2.05) is 44.2 Å². The number of amides is 1. The molecule has 1 aliphatic rings. The van der Waals surface area contributed by atoms with Crippen LogP contribution in [0.15, 0.2) is 30.3 Å². The first-order valence-electron chi connectivity index (χ1n) is 10.8. The normalized spacial score (nSPS) is 13.7. The molecule has 1 aromatic heterocycles. The van der Waals surface area contributed by atoms with Gasteiger partial charge in [-0.2, -0.15) is 5.10 Å². The molecule has 1 fully saturated rings. The third-order valence-electron chi connectivity index (χ3n) is 5.70. The van der Waals surface area contributed by atoms with Crippen molar-refractivity contribution in [3.63, 3.8) is 0 Å². The van der Waals surface area contributed by atoms with Crippen molar-refractivity contribution < 1.29 is 9.90 Å². The number of piperazine rings is 1. The second kappa shape index (κ2) is 9.60. The number of carbonyl (C=O) groups is 1. The molecule has 2 heterocycles. The zero-order valence-corrected chi connectivity index (χ0v) is 19.4. The van der Waals surface area contributed by atoms with E-state index in [1.54, 1.807) is 0 Å². The Hall–Kier alpha value is -3.43. The predicted octanol–water partition coefficient (Wildman–Crippen LogP) is 3.25. The second-order valence-electron chi connectivity index (χ2n) is 8.15. The molecular formula is C23H28ClN7O2. The van der Waals surface area contributed by atoms with Gasteiger partial charge in [0.25, 0.3) is 5.91 Å². The van der Waals surface area contributed by atoms with Gasteiger partial charge in [0.15, 0.2) is 5.82 Å². The van der Waals surface area contributed by atoms with Crippen LogP contribution in [0.3, 0.4) is 0 Å². The van der Waals surface area contributed by atoms with Crippen LogP contribution in [-0.4, -0.2) is 47.4 Å². The number of nitrogens with one attached hydrogen (secondary N) is 4. The molecule has 0 unspecified atom stereocenters. The maximum Gasteiger partial charge on any atom is 0.256 e. The van der Waals surface area contributed by atoms with Crippen LogP contribution in [-0.2, 0) is 6.54 Å². The van der Waals surface area contributed by atoms with Crippen molar-refractivity contribution >= 4 is 40.5 Å². The van der Waals surface area contributed by atoms with E-state index in [0.717, 1.165) is 48.6 Å². The van der Waals surface area contributed by atoms with Crippen molar-refractivity contribution in [3.8, 4) is 5.75 Å². The fraction of sp³-hybridized carbons (Fsp3) is 0.304. The summed E-state index contributed by atoms with van der Waals surface area (Å²) in [7, 11) is 0. The molecular weight excluding hydrogens is 442 g/mol. The highest BCUT2D eigenvalue weighted by atomic mass is 35.5. The lowest BCUT2D eigenvalue weighted by Gasteiger charge is -2.30. The van der Waals surface area contributed by atoms with E-state index < -0.39 is 5.91 Å². The van der Waals surface area contributed by atoms with Crippen LogP contribution in [0.5, 0.6) is 5.75 Å². The molecule has 0 aliphatic carbocycles. The van der Waals surface area contributed by atoms with Crippen LogP contribution >= 0.6 is 11.6 Å². The lowest BCUT2D eigenvalue weighted by atomic mass is 10.1. The molecule has 10 heteroatoms. The maximum absolute atomic E-state index is 12.2. The SMILES string of the molecule is Cc1cc(CNc2[nH]nc(Nc3ccc(N4CCNCC4)c(Cl)c3)c2C(N)=O)cc(C)c1O. The summed E-state index contributed by atoms with van der Waals surface area (Å²) < 4.78 is 0. The predicted molar refractivity (Wildman–Crippen MR) is 132 cm³/mol. The monoisotopic (exact) mass is 469 g/mol. The van der Waals surface area contributed by atoms with Crippen molar-refractivity contribution in [2.45, 2.75) is 20.4 Å². The fourth-order valence-corrected chi connectivity index (χ4v) is 4.32. The summed E-state index contributed by atoms with van der Waals surface area (Å²) in [5.41, 5.74) is 10.1. The Balaban J connectivity index is 1.51. The number of H-pyrrole nitrogens is 1. The zero-order chi connectivity index (χ0) is 23.5. The third-order valence-corrected chi connectivity index (χ3v) is 6.00. The van der Waals surface area contributed by atoms with E-state index >= 15 is 0 Å². The molecule has 1 aliphatic heterocycles. The van der Waals surface area contributed by atoms with Crippen LogP contribution in [0.25, 0.3) is 0 Å². The number of carbonyl (C=O) groups excluding carboxylic acids is 1. The highest BCUT2D eigenvalue weighted by molar-refractivity contribution is 6.33. The minimum absolute atomic E-state index is 0.226. The average Bonchev–Trinajstić information content (AvgIpc) is 3.19. The molecule has 2 aromatic carbocycles. The first-order valence-corrected chi connectivity index (χ1v) is 11.1. The highest BCUT2D eigenvalue weighted by Gasteiger charge is 2.20. The summed E-state index contributed by atoms with van der Waals surface area (Å²) in [5, 5.41) is 27.3. The second-order valence-corrected chi connectivity index (χ2v) is 8.55. The molecule has 0 atom stereocenters. The van der Waals surface area contributed by atoms with Gasteiger partial charge in [-0.25, -0.2) is 0 Å². The quantitative estimate of drug-likeness (QED) is 0.313. The van der Waals surface area contributed by atoms with Crippen molar-refractivity contribution in [1.82, 2.24) is 15.5 Å².